The minimum absolute atomic E-state index is 0.373. The van der Waals surface area contributed by atoms with Crippen molar-refractivity contribution in [1.82, 2.24) is 0 Å². The van der Waals surface area contributed by atoms with Gasteiger partial charge in [0.2, 0.25) is 0 Å². The molecule has 0 amide bonds. The number of fused-ring (bicyclic) bond motifs is 11. The highest BCUT2D eigenvalue weighted by atomic mass is 32.2. The van der Waals surface area contributed by atoms with Crippen LogP contribution >= 0.6 is 11.8 Å². The normalized spacial score (nSPS) is 16.6. The monoisotopic (exact) mass is 489 g/mol. The third-order valence-corrected chi connectivity index (χ3v) is 9.13. The third kappa shape index (κ3) is 2.82. The molecule has 1 nitrogen and oxygen atoms in total. The summed E-state index contributed by atoms with van der Waals surface area (Å²) >= 11 is 1.88. The summed E-state index contributed by atoms with van der Waals surface area (Å²) < 4.78 is 0. The Labute approximate surface area is 220 Å². The standard InChI is InChI=1S/C35H23NS/c1-2-12-24(13-3-1)36-31-19-10-18-30-34(31)37-32-20-9-8-17-28(32)35(30)27-16-7-6-15-26(27)33-25-14-5-4-11-23(25)21-22-29(33)35/h1-22,36H. The average Bonchev–Trinajstić information content (AvgIpc) is 3.26. The Morgan fingerprint density at radius 3 is 2.16 bits per heavy atom. The molecule has 1 atom stereocenters. The van der Waals surface area contributed by atoms with Gasteiger partial charge < -0.3 is 5.32 Å². The first kappa shape index (κ1) is 20.9. The molecule has 1 aliphatic heterocycles. The minimum atomic E-state index is -0.373. The second kappa shape index (κ2) is 7.86. The summed E-state index contributed by atoms with van der Waals surface area (Å²) in [5.74, 6) is 0. The minimum Gasteiger partial charge on any atom is -0.355 e. The Balaban J connectivity index is 1.50. The molecule has 6 aromatic carbocycles. The van der Waals surface area contributed by atoms with Gasteiger partial charge in [-0.3, -0.25) is 0 Å². The van der Waals surface area contributed by atoms with Crippen LogP contribution in [0.5, 0.6) is 0 Å². The molecule has 0 fully saturated rings. The summed E-state index contributed by atoms with van der Waals surface area (Å²) in [6, 6.07) is 48.7. The average molecular weight is 490 g/mol. The number of hydrogen-bond acceptors (Lipinski definition) is 2. The van der Waals surface area contributed by atoms with Gasteiger partial charge >= 0.3 is 0 Å². The van der Waals surface area contributed by atoms with E-state index in [9.17, 15) is 0 Å². The first-order valence-electron chi connectivity index (χ1n) is 12.7. The number of hydrogen-bond donors (Lipinski definition) is 1. The fourth-order valence-corrected chi connectivity index (χ4v) is 7.72. The number of para-hydroxylation sites is 1. The Bertz CT molecular complexity index is 1840. The Morgan fingerprint density at radius 1 is 0.514 bits per heavy atom. The molecule has 2 aliphatic rings. The van der Waals surface area contributed by atoms with Crippen LogP contribution in [0, 0.1) is 0 Å². The van der Waals surface area contributed by atoms with E-state index in [-0.39, 0.29) is 5.41 Å². The van der Waals surface area contributed by atoms with Crippen molar-refractivity contribution in [2.45, 2.75) is 15.2 Å². The van der Waals surface area contributed by atoms with Crippen molar-refractivity contribution in [2.75, 3.05) is 5.32 Å². The fourth-order valence-electron chi connectivity index (χ4n) is 6.47. The van der Waals surface area contributed by atoms with Gasteiger partial charge in [-0.25, -0.2) is 0 Å². The molecule has 1 spiro atoms. The number of anilines is 2. The third-order valence-electron chi connectivity index (χ3n) is 7.91. The molecule has 0 saturated carbocycles. The van der Waals surface area contributed by atoms with Crippen molar-refractivity contribution in [3.05, 3.63) is 156 Å². The summed E-state index contributed by atoms with van der Waals surface area (Å²) in [4.78, 5) is 2.61. The number of nitrogens with one attached hydrogen (secondary N) is 1. The summed E-state index contributed by atoms with van der Waals surface area (Å²) in [5, 5.41) is 6.33. The van der Waals surface area contributed by atoms with E-state index in [1.165, 1.54) is 53.9 Å². The molecule has 0 bridgehead atoms. The molecule has 0 radical (unpaired) electrons. The molecule has 6 aromatic rings. The molecule has 1 N–H and O–H groups in total. The van der Waals surface area contributed by atoms with Gasteiger partial charge in [0.05, 0.1) is 11.1 Å². The zero-order valence-corrected chi connectivity index (χ0v) is 20.9. The quantitative estimate of drug-likeness (QED) is 0.259. The molecular formula is C35H23NS. The second-order valence-corrected chi connectivity index (χ2v) is 10.8. The molecule has 0 aromatic heterocycles. The fraction of sp³-hybridized carbons (Fsp3) is 0.0286. The van der Waals surface area contributed by atoms with E-state index in [4.69, 9.17) is 0 Å². The predicted octanol–water partition coefficient (Wildman–Crippen LogP) is 9.41. The zero-order valence-electron chi connectivity index (χ0n) is 20.1. The van der Waals surface area contributed by atoms with Crippen LogP contribution in [0.15, 0.2) is 143 Å². The van der Waals surface area contributed by atoms with Crippen molar-refractivity contribution in [3.63, 3.8) is 0 Å². The predicted molar refractivity (Wildman–Crippen MR) is 155 cm³/mol. The molecule has 1 heterocycles. The highest BCUT2D eigenvalue weighted by Gasteiger charge is 2.50. The molecule has 1 aliphatic carbocycles. The van der Waals surface area contributed by atoms with Crippen LogP contribution in [0.2, 0.25) is 0 Å². The summed E-state index contributed by atoms with van der Waals surface area (Å²) in [6.45, 7) is 0. The second-order valence-electron chi connectivity index (χ2n) is 9.78. The number of rotatable bonds is 2. The van der Waals surface area contributed by atoms with Crippen LogP contribution in [0.25, 0.3) is 21.9 Å². The van der Waals surface area contributed by atoms with E-state index in [0.29, 0.717) is 0 Å². The van der Waals surface area contributed by atoms with Crippen molar-refractivity contribution in [1.29, 1.82) is 0 Å². The van der Waals surface area contributed by atoms with Crippen molar-refractivity contribution >= 4 is 33.9 Å². The van der Waals surface area contributed by atoms with E-state index in [2.05, 4.69) is 139 Å². The van der Waals surface area contributed by atoms with Gasteiger partial charge in [0.15, 0.2) is 0 Å². The molecule has 8 rings (SSSR count). The van der Waals surface area contributed by atoms with Crippen LogP contribution in [-0.4, -0.2) is 0 Å². The molecule has 0 saturated heterocycles. The summed E-state index contributed by atoms with van der Waals surface area (Å²) in [7, 11) is 0. The highest BCUT2D eigenvalue weighted by molar-refractivity contribution is 7.99. The summed E-state index contributed by atoms with van der Waals surface area (Å²) in [6.07, 6.45) is 0. The SMILES string of the molecule is c1ccc(Nc2cccc3c2Sc2ccccc2C32c3ccccc3-c3c2ccc2ccccc32)cc1. The number of benzene rings is 6. The summed E-state index contributed by atoms with van der Waals surface area (Å²) in [5.41, 5.74) is 10.0. The van der Waals surface area contributed by atoms with Gasteiger partial charge in [0.25, 0.3) is 0 Å². The Kier molecular flexibility index (Phi) is 4.44. The lowest BCUT2D eigenvalue weighted by atomic mass is 9.67. The van der Waals surface area contributed by atoms with Crippen molar-refractivity contribution in [3.8, 4) is 11.1 Å². The maximum Gasteiger partial charge on any atom is 0.0736 e. The molecule has 1 unspecified atom stereocenters. The molecular weight excluding hydrogens is 466 g/mol. The van der Waals surface area contributed by atoms with Gasteiger partial charge in [-0.2, -0.15) is 0 Å². The highest BCUT2D eigenvalue weighted by Crippen LogP contribution is 2.64. The molecule has 37 heavy (non-hydrogen) atoms. The van der Waals surface area contributed by atoms with Gasteiger partial charge in [-0.1, -0.05) is 121 Å². The van der Waals surface area contributed by atoms with E-state index in [1.807, 2.05) is 11.8 Å². The largest absolute Gasteiger partial charge is 0.355 e. The van der Waals surface area contributed by atoms with Gasteiger partial charge in [-0.05, 0) is 68.4 Å². The lowest BCUT2D eigenvalue weighted by Gasteiger charge is -2.40. The van der Waals surface area contributed by atoms with E-state index in [0.717, 1.165) is 11.4 Å². The molecule has 2 heteroatoms. The maximum absolute atomic E-state index is 3.73. The van der Waals surface area contributed by atoms with Gasteiger partial charge in [0.1, 0.15) is 0 Å². The van der Waals surface area contributed by atoms with Gasteiger partial charge in [-0.15, -0.1) is 0 Å². The first-order valence-corrected chi connectivity index (χ1v) is 13.5. The topological polar surface area (TPSA) is 12.0 Å². The van der Waals surface area contributed by atoms with E-state index in [1.54, 1.807) is 0 Å². The Hall–Kier alpha value is -4.27. The molecule has 174 valence electrons. The zero-order chi connectivity index (χ0) is 24.4. The van der Waals surface area contributed by atoms with Crippen molar-refractivity contribution in [2.24, 2.45) is 0 Å². The van der Waals surface area contributed by atoms with Crippen LogP contribution in [0.3, 0.4) is 0 Å². The van der Waals surface area contributed by atoms with Crippen molar-refractivity contribution < 1.29 is 0 Å². The van der Waals surface area contributed by atoms with Gasteiger partial charge in [0, 0.05) is 15.5 Å². The lowest BCUT2D eigenvalue weighted by Crippen LogP contribution is -2.32. The van der Waals surface area contributed by atoms with E-state index < -0.39 is 0 Å². The van der Waals surface area contributed by atoms with Crippen LogP contribution < -0.4 is 5.32 Å². The van der Waals surface area contributed by atoms with Crippen LogP contribution in [0.4, 0.5) is 11.4 Å². The first-order chi connectivity index (χ1) is 18.4. The van der Waals surface area contributed by atoms with Crippen LogP contribution in [0.1, 0.15) is 22.3 Å². The van der Waals surface area contributed by atoms with E-state index >= 15 is 0 Å². The smallest absolute Gasteiger partial charge is 0.0736 e. The van der Waals surface area contributed by atoms with Crippen LogP contribution in [-0.2, 0) is 5.41 Å². The Morgan fingerprint density at radius 2 is 1.24 bits per heavy atom. The lowest BCUT2D eigenvalue weighted by molar-refractivity contribution is 0.724. The maximum atomic E-state index is 3.73.